The van der Waals surface area contributed by atoms with Crippen molar-refractivity contribution >= 4 is 17.4 Å². The number of nitrogens with zero attached hydrogens (tertiary/aromatic N) is 2. The molecule has 3 aliphatic rings. The summed E-state index contributed by atoms with van der Waals surface area (Å²) in [6.45, 7) is 8.60. The van der Waals surface area contributed by atoms with E-state index in [1.54, 1.807) is 11.0 Å². The summed E-state index contributed by atoms with van der Waals surface area (Å²) < 4.78 is 17.3. The summed E-state index contributed by atoms with van der Waals surface area (Å²) in [6, 6.07) is 12.3. The summed E-state index contributed by atoms with van der Waals surface area (Å²) in [5.74, 6) is 0.0467. The van der Waals surface area contributed by atoms with Crippen LogP contribution >= 0.6 is 0 Å². The number of morpholine rings is 1. The Morgan fingerprint density at radius 2 is 1.90 bits per heavy atom. The molecule has 0 saturated carbocycles. The fraction of sp³-hybridized carbons (Fsp3) is 0.484. The van der Waals surface area contributed by atoms with Crippen LogP contribution in [0.5, 0.6) is 11.5 Å². The Balaban J connectivity index is 1.49. The van der Waals surface area contributed by atoms with E-state index >= 15 is 0 Å². The molecule has 0 aliphatic carbocycles. The van der Waals surface area contributed by atoms with Crippen molar-refractivity contribution in [2.75, 3.05) is 46.0 Å². The number of hydrogen-bond donors (Lipinski definition) is 1. The first-order chi connectivity index (χ1) is 19.0. The van der Waals surface area contributed by atoms with E-state index < -0.39 is 17.7 Å². The van der Waals surface area contributed by atoms with E-state index in [-0.39, 0.29) is 17.4 Å². The number of likely N-dealkylation sites (tertiary alicyclic amines) is 1. The molecular formula is C31H38N2O6. The van der Waals surface area contributed by atoms with E-state index in [0.717, 1.165) is 55.6 Å². The van der Waals surface area contributed by atoms with Gasteiger partial charge in [-0.25, -0.2) is 0 Å². The molecule has 1 N–H and O–H groups in total. The van der Waals surface area contributed by atoms with Crippen LogP contribution in [0.2, 0.25) is 0 Å². The highest BCUT2D eigenvalue weighted by Crippen LogP contribution is 2.41. The Morgan fingerprint density at radius 3 is 2.69 bits per heavy atom. The van der Waals surface area contributed by atoms with Gasteiger partial charge in [0.2, 0.25) is 0 Å². The molecule has 0 radical (unpaired) electrons. The number of benzene rings is 2. The first-order valence-corrected chi connectivity index (χ1v) is 14.1. The van der Waals surface area contributed by atoms with Crippen molar-refractivity contribution in [1.29, 1.82) is 0 Å². The van der Waals surface area contributed by atoms with Crippen molar-refractivity contribution in [1.82, 2.24) is 9.80 Å². The lowest BCUT2D eigenvalue weighted by atomic mass is 9.94. The molecule has 3 aliphatic heterocycles. The maximum Gasteiger partial charge on any atom is 0.295 e. The third kappa shape index (κ3) is 5.97. The second-order valence-electron chi connectivity index (χ2n) is 10.5. The Hall–Kier alpha value is -3.36. The summed E-state index contributed by atoms with van der Waals surface area (Å²) in [5.41, 5.74) is 2.34. The normalized spacial score (nSPS) is 22.7. The molecule has 208 valence electrons. The number of aliphatic hydroxyl groups is 1. The van der Waals surface area contributed by atoms with Crippen LogP contribution < -0.4 is 9.47 Å². The van der Waals surface area contributed by atoms with Crippen molar-refractivity contribution in [3.63, 3.8) is 0 Å². The Morgan fingerprint density at radius 1 is 1.08 bits per heavy atom. The van der Waals surface area contributed by atoms with Gasteiger partial charge in [0.1, 0.15) is 23.4 Å². The number of amides is 1. The lowest BCUT2D eigenvalue weighted by Crippen LogP contribution is -2.42. The molecule has 2 saturated heterocycles. The predicted molar refractivity (Wildman–Crippen MR) is 148 cm³/mol. The second kappa shape index (κ2) is 12.2. The lowest BCUT2D eigenvalue weighted by Gasteiger charge is -2.31. The van der Waals surface area contributed by atoms with E-state index in [1.807, 2.05) is 43.3 Å². The van der Waals surface area contributed by atoms with Crippen LogP contribution in [0.4, 0.5) is 0 Å². The minimum absolute atomic E-state index is 0.0585. The SMILES string of the molecule is CCCCCOc1cccc(C2/C(=C(\O)c3ccc4c(c3)CC(C)O4)C(=O)C(=O)N2CCN2CCOCC2)c1. The summed E-state index contributed by atoms with van der Waals surface area (Å²) >= 11 is 0. The number of ketones is 1. The molecular weight excluding hydrogens is 496 g/mol. The van der Waals surface area contributed by atoms with Gasteiger partial charge in [0.05, 0.1) is 31.4 Å². The molecule has 8 heteroatoms. The molecule has 0 aromatic heterocycles. The molecule has 5 rings (SSSR count). The average molecular weight is 535 g/mol. The highest BCUT2D eigenvalue weighted by molar-refractivity contribution is 6.46. The number of Topliss-reactive ketones (excluding diaryl/α,β-unsaturated/α-hetero) is 1. The van der Waals surface area contributed by atoms with Gasteiger partial charge < -0.3 is 24.2 Å². The first-order valence-electron chi connectivity index (χ1n) is 14.1. The van der Waals surface area contributed by atoms with Gasteiger partial charge >= 0.3 is 0 Å². The average Bonchev–Trinajstić information content (AvgIpc) is 3.45. The van der Waals surface area contributed by atoms with Crippen LogP contribution in [0, 0.1) is 0 Å². The van der Waals surface area contributed by atoms with E-state index in [4.69, 9.17) is 14.2 Å². The van der Waals surface area contributed by atoms with Gasteiger partial charge in [-0.15, -0.1) is 0 Å². The van der Waals surface area contributed by atoms with Gasteiger partial charge in [-0.3, -0.25) is 14.5 Å². The van der Waals surface area contributed by atoms with Gasteiger partial charge in [0.15, 0.2) is 0 Å². The maximum absolute atomic E-state index is 13.5. The quantitative estimate of drug-likeness (QED) is 0.210. The minimum Gasteiger partial charge on any atom is -0.507 e. The Labute approximate surface area is 230 Å². The van der Waals surface area contributed by atoms with Crippen LogP contribution in [-0.4, -0.2) is 78.7 Å². The monoisotopic (exact) mass is 534 g/mol. The fourth-order valence-corrected chi connectivity index (χ4v) is 5.57. The highest BCUT2D eigenvalue weighted by Gasteiger charge is 2.46. The zero-order valence-corrected chi connectivity index (χ0v) is 22.9. The third-order valence-corrected chi connectivity index (χ3v) is 7.66. The second-order valence-corrected chi connectivity index (χ2v) is 10.5. The van der Waals surface area contributed by atoms with E-state index in [1.165, 1.54) is 0 Å². The van der Waals surface area contributed by atoms with Crippen molar-refractivity contribution < 1.29 is 28.9 Å². The highest BCUT2D eigenvalue weighted by atomic mass is 16.5. The number of ether oxygens (including phenoxy) is 3. The molecule has 2 unspecified atom stereocenters. The number of hydrogen-bond acceptors (Lipinski definition) is 7. The molecule has 2 fully saturated rings. The van der Waals surface area contributed by atoms with Crippen molar-refractivity contribution in [2.45, 2.75) is 51.7 Å². The summed E-state index contributed by atoms with van der Waals surface area (Å²) in [7, 11) is 0. The van der Waals surface area contributed by atoms with Gasteiger partial charge in [0, 0.05) is 38.2 Å². The van der Waals surface area contributed by atoms with Crippen LogP contribution in [0.1, 0.15) is 55.8 Å². The van der Waals surface area contributed by atoms with Gasteiger partial charge in [-0.1, -0.05) is 31.9 Å². The van der Waals surface area contributed by atoms with Gasteiger partial charge in [-0.05, 0) is 54.8 Å². The molecule has 0 bridgehead atoms. The third-order valence-electron chi connectivity index (χ3n) is 7.66. The molecule has 0 spiro atoms. The molecule has 39 heavy (non-hydrogen) atoms. The zero-order chi connectivity index (χ0) is 27.4. The number of unbranched alkanes of at least 4 members (excludes halogenated alkanes) is 2. The summed E-state index contributed by atoms with van der Waals surface area (Å²) in [6.07, 6.45) is 3.94. The fourth-order valence-electron chi connectivity index (χ4n) is 5.57. The van der Waals surface area contributed by atoms with Gasteiger partial charge in [0.25, 0.3) is 11.7 Å². The van der Waals surface area contributed by atoms with Crippen LogP contribution in [0.25, 0.3) is 5.76 Å². The summed E-state index contributed by atoms with van der Waals surface area (Å²) in [4.78, 5) is 30.7. The van der Waals surface area contributed by atoms with Gasteiger partial charge in [-0.2, -0.15) is 0 Å². The topological polar surface area (TPSA) is 88.5 Å². The zero-order valence-electron chi connectivity index (χ0n) is 22.9. The van der Waals surface area contributed by atoms with Crippen molar-refractivity contribution in [3.05, 3.63) is 64.7 Å². The van der Waals surface area contributed by atoms with Crippen LogP contribution in [0.15, 0.2) is 48.0 Å². The standard InChI is InChI=1S/C31H38N2O6/c1-3-4-5-15-38-25-8-6-7-22(20-25)28-27(29(34)23-9-10-26-24(19-23)18-21(2)39-26)30(35)31(36)33(28)12-11-32-13-16-37-17-14-32/h6-10,19-21,28,34H,3-5,11-18H2,1-2H3/b29-27+. The molecule has 2 atom stereocenters. The predicted octanol–water partition coefficient (Wildman–Crippen LogP) is 4.33. The number of carbonyl (C=O) groups excluding carboxylic acids is 2. The molecule has 2 aromatic carbocycles. The Kier molecular flexibility index (Phi) is 8.53. The number of fused-ring (bicyclic) bond motifs is 1. The number of carbonyl (C=O) groups is 2. The van der Waals surface area contributed by atoms with Crippen LogP contribution in [0.3, 0.4) is 0 Å². The molecule has 1 amide bonds. The molecule has 2 aromatic rings. The van der Waals surface area contributed by atoms with Crippen molar-refractivity contribution in [3.8, 4) is 11.5 Å². The molecule has 3 heterocycles. The smallest absolute Gasteiger partial charge is 0.295 e. The minimum atomic E-state index is -0.714. The van der Waals surface area contributed by atoms with Crippen LogP contribution in [-0.2, 0) is 20.7 Å². The van der Waals surface area contributed by atoms with E-state index in [9.17, 15) is 14.7 Å². The number of aliphatic hydroxyl groups excluding tert-OH is 1. The first kappa shape index (κ1) is 27.2. The maximum atomic E-state index is 13.5. The van der Waals surface area contributed by atoms with E-state index in [0.29, 0.717) is 44.2 Å². The largest absolute Gasteiger partial charge is 0.507 e. The van der Waals surface area contributed by atoms with Crippen molar-refractivity contribution in [2.24, 2.45) is 0 Å². The number of rotatable bonds is 10. The summed E-state index contributed by atoms with van der Waals surface area (Å²) in [5, 5.41) is 11.5. The van der Waals surface area contributed by atoms with E-state index in [2.05, 4.69) is 11.8 Å². The lowest BCUT2D eigenvalue weighted by molar-refractivity contribution is -0.140. The molecule has 8 nitrogen and oxygen atoms in total. The Bertz CT molecular complexity index is 1240.